The minimum atomic E-state index is -3.48. The number of hydrogen-bond acceptors (Lipinski definition) is 5. The Morgan fingerprint density at radius 1 is 1.26 bits per heavy atom. The van der Waals surface area contributed by atoms with E-state index in [0.717, 1.165) is 6.26 Å². The van der Waals surface area contributed by atoms with E-state index in [2.05, 4.69) is 5.32 Å². The smallest absolute Gasteiger partial charge is 0.252 e. The Kier molecular flexibility index (Phi) is 4.15. The summed E-state index contributed by atoms with van der Waals surface area (Å²) in [6.07, 6.45) is 1.01. The van der Waals surface area contributed by atoms with Crippen LogP contribution in [0.5, 0.6) is 0 Å². The van der Waals surface area contributed by atoms with Crippen LogP contribution in [-0.2, 0) is 14.6 Å². The number of amides is 2. The summed E-state index contributed by atoms with van der Waals surface area (Å²) in [6, 6.07) is 2.89. The molecular weight excluding hydrogens is 270 g/mol. The monoisotopic (exact) mass is 285 g/mol. The molecule has 0 saturated heterocycles. The number of anilines is 1. The second-order valence-electron chi connectivity index (χ2n) is 4.16. The quantitative estimate of drug-likeness (QED) is 0.628. The van der Waals surface area contributed by atoms with Crippen LogP contribution in [0.25, 0.3) is 0 Å². The lowest BCUT2D eigenvalue weighted by Gasteiger charge is -2.11. The van der Waals surface area contributed by atoms with E-state index < -0.39 is 27.7 Å². The first-order valence-corrected chi connectivity index (χ1v) is 7.21. The highest BCUT2D eigenvalue weighted by Gasteiger charge is 2.17. The van der Waals surface area contributed by atoms with Crippen molar-refractivity contribution in [2.75, 3.05) is 12.0 Å². The van der Waals surface area contributed by atoms with Gasteiger partial charge < -0.3 is 16.8 Å². The van der Waals surface area contributed by atoms with Crippen molar-refractivity contribution in [3.63, 3.8) is 0 Å². The Labute approximate surface area is 110 Å². The molecule has 0 aliphatic heterocycles. The maximum absolute atomic E-state index is 11.8. The highest BCUT2D eigenvalue weighted by Crippen LogP contribution is 2.16. The van der Waals surface area contributed by atoms with E-state index in [1.165, 1.54) is 25.1 Å². The lowest BCUT2D eigenvalue weighted by atomic mass is 10.1. The molecule has 0 fully saturated rings. The van der Waals surface area contributed by atoms with Gasteiger partial charge in [0.2, 0.25) is 5.91 Å². The lowest BCUT2D eigenvalue weighted by Crippen LogP contribution is -2.42. The van der Waals surface area contributed by atoms with Gasteiger partial charge in [0.05, 0.1) is 4.90 Å². The van der Waals surface area contributed by atoms with E-state index in [9.17, 15) is 18.0 Å². The number of benzene rings is 1. The van der Waals surface area contributed by atoms with Crippen molar-refractivity contribution in [3.05, 3.63) is 23.8 Å². The van der Waals surface area contributed by atoms with Gasteiger partial charge in [-0.1, -0.05) is 0 Å². The van der Waals surface area contributed by atoms with Gasteiger partial charge in [0.25, 0.3) is 5.91 Å². The molecule has 5 N–H and O–H groups in total. The third-order valence-electron chi connectivity index (χ3n) is 2.39. The van der Waals surface area contributed by atoms with Gasteiger partial charge in [0, 0.05) is 17.5 Å². The predicted molar refractivity (Wildman–Crippen MR) is 70.1 cm³/mol. The fourth-order valence-corrected chi connectivity index (χ4v) is 2.01. The van der Waals surface area contributed by atoms with Gasteiger partial charge in [-0.05, 0) is 25.1 Å². The Morgan fingerprint density at radius 3 is 2.32 bits per heavy atom. The van der Waals surface area contributed by atoms with E-state index in [0.29, 0.717) is 0 Å². The van der Waals surface area contributed by atoms with Crippen LogP contribution in [-0.4, -0.2) is 32.5 Å². The molecule has 1 aromatic rings. The predicted octanol–water partition coefficient (Wildman–Crippen LogP) is -0.724. The highest BCUT2D eigenvalue weighted by molar-refractivity contribution is 7.90. The average Bonchev–Trinajstić information content (AvgIpc) is 2.26. The van der Waals surface area contributed by atoms with E-state index in [1.54, 1.807) is 0 Å². The maximum atomic E-state index is 11.8. The van der Waals surface area contributed by atoms with E-state index >= 15 is 0 Å². The number of carbonyl (C=O) groups excluding carboxylic acids is 2. The number of nitrogens with two attached hydrogens (primary N) is 2. The zero-order valence-electron chi connectivity index (χ0n) is 10.5. The molecule has 0 aliphatic rings. The number of nitrogens with one attached hydrogen (secondary N) is 1. The standard InChI is InChI=1S/C11H15N3O4S/c1-6(10(13)15)14-11(16)7-3-8(12)5-9(4-7)19(2,17)18/h3-6H,12H2,1-2H3,(H2,13,15)(H,14,16). The topological polar surface area (TPSA) is 132 Å². The summed E-state index contributed by atoms with van der Waals surface area (Å²) in [5, 5.41) is 2.34. The van der Waals surface area contributed by atoms with Crippen molar-refractivity contribution in [1.82, 2.24) is 5.32 Å². The summed E-state index contributed by atoms with van der Waals surface area (Å²) in [6.45, 7) is 1.42. The van der Waals surface area contributed by atoms with Gasteiger partial charge in [-0.15, -0.1) is 0 Å². The minimum absolute atomic E-state index is 0.0496. The minimum Gasteiger partial charge on any atom is -0.399 e. The van der Waals surface area contributed by atoms with Crippen LogP contribution in [0.1, 0.15) is 17.3 Å². The van der Waals surface area contributed by atoms with Crippen LogP contribution in [0.3, 0.4) is 0 Å². The van der Waals surface area contributed by atoms with Gasteiger partial charge in [-0.2, -0.15) is 0 Å². The first kappa shape index (κ1) is 15.0. The fraction of sp³-hybridized carbons (Fsp3) is 0.273. The summed E-state index contributed by atoms with van der Waals surface area (Å²) in [7, 11) is -3.48. The largest absolute Gasteiger partial charge is 0.399 e. The van der Waals surface area contributed by atoms with Gasteiger partial charge in [-0.25, -0.2) is 8.42 Å². The third kappa shape index (κ3) is 3.95. The molecule has 1 atom stereocenters. The summed E-state index contributed by atoms with van der Waals surface area (Å²) in [5.74, 6) is -1.32. The molecule has 7 nitrogen and oxygen atoms in total. The Hall–Kier alpha value is -2.09. The second kappa shape index (κ2) is 5.27. The number of rotatable bonds is 4. The molecule has 19 heavy (non-hydrogen) atoms. The molecular formula is C11H15N3O4S. The molecule has 0 aliphatic carbocycles. The summed E-state index contributed by atoms with van der Waals surface area (Å²) < 4.78 is 22.9. The molecule has 104 valence electrons. The lowest BCUT2D eigenvalue weighted by molar-refractivity contribution is -0.119. The van der Waals surface area contributed by atoms with Crippen molar-refractivity contribution in [2.45, 2.75) is 17.9 Å². The molecule has 1 rings (SSSR count). The maximum Gasteiger partial charge on any atom is 0.252 e. The second-order valence-corrected chi connectivity index (χ2v) is 6.18. The SMILES string of the molecule is CC(NC(=O)c1cc(N)cc(S(C)(=O)=O)c1)C(N)=O. The van der Waals surface area contributed by atoms with E-state index in [1.807, 2.05) is 0 Å². The molecule has 0 saturated carbocycles. The van der Waals surface area contributed by atoms with Crippen LogP contribution in [0, 0.1) is 0 Å². The van der Waals surface area contributed by atoms with Crippen molar-refractivity contribution in [3.8, 4) is 0 Å². The molecule has 0 spiro atoms. The Balaban J connectivity index is 3.11. The van der Waals surface area contributed by atoms with E-state index in [4.69, 9.17) is 11.5 Å². The van der Waals surface area contributed by atoms with Crippen molar-refractivity contribution < 1.29 is 18.0 Å². The van der Waals surface area contributed by atoms with Gasteiger partial charge >= 0.3 is 0 Å². The van der Waals surface area contributed by atoms with Gasteiger partial charge in [0.1, 0.15) is 6.04 Å². The number of nitrogen functional groups attached to an aromatic ring is 1. The zero-order chi connectivity index (χ0) is 14.8. The normalized spacial score (nSPS) is 12.7. The fourth-order valence-electron chi connectivity index (χ4n) is 1.32. The van der Waals surface area contributed by atoms with Crippen LogP contribution >= 0.6 is 0 Å². The van der Waals surface area contributed by atoms with Crippen LogP contribution in [0.4, 0.5) is 5.69 Å². The molecule has 2 amide bonds. The molecule has 0 radical (unpaired) electrons. The highest BCUT2D eigenvalue weighted by atomic mass is 32.2. The first-order valence-electron chi connectivity index (χ1n) is 5.32. The molecule has 0 aromatic heterocycles. The molecule has 0 bridgehead atoms. The number of carbonyl (C=O) groups is 2. The third-order valence-corrected chi connectivity index (χ3v) is 3.49. The summed E-state index contributed by atoms with van der Waals surface area (Å²) in [5.41, 5.74) is 10.8. The Morgan fingerprint density at radius 2 is 1.84 bits per heavy atom. The van der Waals surface area contributed by atoms with Crippen LogP contribution < -0.4 is 16.8 Å². The van der Waals surface area contributed by atoms with Crippen LogP contribution in [0.2, 0.25) is 0 Å². The van der Waals surface area contributed by atoms with Gasteiger partial charge in [0.15, 0.2) is 9.84 Å². The number of hydrogen-bond donors (Lipinski definition) is 3. The zero-order valence-corrected chi connectivity index (χ0v) is 11.3. The van der Waals surface area contributed by atoms with Gasteiger partial charge in [-0.3, -0.25) is 9.59 Å². The van der Waals surface area contributed by atoms with Crippen molar-refractivity contribution >= 4 is 27.3 Å². The summed E-state index contributed by atoms with van der Waals surface area (Å²) >= 11 is 0. The van der Waals surface area contributed by atoms with Crippen LogP contribution in [0.15, 0.2) is 23.1 Å². The number of primary amides is 1. The summed E-state index contributed by atoms with van der Waals surface area (Å²) in [4.78, 5) is 22.6. The van der Waals surface area contributed by atoms with Crippen molar-refractivity contribution in [2.24, 2.45) is 5.73 Å². The number of sulfone groups is 1. The first-order chi connectivity index (χ1) is 8.61. The van der Waals surface area contributed by atoms with Crippen molar-refractivity contribution in [1.29, 1.82) is 0 Å². The molecule has 1 unspecified atom stereocenters. The van der Waals surface area contributed by atoms with E-state index in [-0.39, 0.29) is 16.1 Å². The molecule has 0 heterocycles. The Bertz CT molecular complexity index is 625. The molecule has 8 heteroatoms. The average molecular weight is 285 g/mol. The molecule has 1 aromatic carbocycles.